The van der Waals surface area contributed by atoms with Crippen molar-refractivity contribution in [2.75, 3.05) is 7.05 Å². The number of nitrogens with one attached hydrogen (secondary N) is 1. The average molecular weight is 280 g/mol. The average Bonchev–Trinajstić information content (AvgIpc) is 3.15. The Balaban J connectivity index is 1.62. The van der Waals surface area contributed by atoms with Gasteiger partial charge in [-0.1, -0.05) is 24.6 Å². The predicted molar refractivity (Wildman–Crippen MR) is 87.1 cm³/mol. The molecule has 110 valence electrons. The van der Waals surface area contributed by atoms with Crippen LogP contribution in [0.25, 0.3) is 10.9 Å². The van der Waals surface area contributed by atoms with Crippen LogP contribution in [0.4, 0.5) is 0 Å². The molecule has 0 spiro atoms. The van der Waals surface area contributed by atoms with E-state index in [-0.39, 0.29) is 0 Å². The molecule has 2 heteroatoms. The minimum absolute atomic E-state index is 0.460. The van der Waals surface area contributed by atoms with E-state index in [0.717, 1.165) is 23.3 Å². The second-order valence-corrected chi connectivity index (χ2v) is 6.93. The minimum atomic E-state index is 0.460. The van der Waals surface area contributed by atoms with Crippen molar-refractivity contribution in [2.24, 2.45) is 17.8 Å². The van der Waals surface area contributed by atoms with E-state index in [9.17, 15) is 0 Å². The zero-order valence-electron chi connectivity index (χ0n) is 12.8. The van der Waals surface area contributed by atoms with Crippen molar-refractivity contribution >= 4 is 10.9 Å². The molecule has 1 aromatic heterocycles. The summed E-state index contributed by atoms with van der Waals surface area (Å²) in [6.45, 7) is 0. The van der Waals surface area contributed by atoms with E-state index >= 15 is 0 Å². The highest BCUT2D eigenvalue weighted by Gasteiger charge is 2.40. The number of benzene rings is 1. The molecule has 4 atom stereocenters. The number of para-hydroxylation sites is 1. The van der Waals surface area contributed by atoms with Gasteiger partial charge in [0.25, 0.3) is 0 Å². The normalized spacial score (nSPS) is 29.1. The van der Waals surface area contributed by atoms with Crippen LogP contribution in [0.5, 0.6) is 0 Å². The fourth-order valence-electron chi connectivity index (χ4n) is 4.79. The highest BCUT2D eigenvalue weighted by Crippen LogP contribution is 2.51. The maximum atomic E-state index is 4.50. The molecule has 1 heterocycles. The fraction of sp³-hybridized carbons (Fsp3) is 0.526. The maximum absolute atomic E-state index is 4.50. The van der Waals surface area contributed by atoms with Crippen molar-refractivity contribution in [3.8, 4) is 0 Å². The monoisotopic (exact) mass is 280 g/mol. The molecule has 1 N–H and O–H groups in total. The lowest BCUT2D eigenvalue weighted by atomic mass is 9.82. The Labute approximate surface area is 127 Å². The summed E-state index contributed by atoms with van der Waals surface area (Å²) in [5, 5.41) is 4.88. The number of fused-ring (bicyclic) bond motifs is 3. The lowest BCUT2D eigenvalue weighted by Gasteiger charge is -2.27. The summed E-state index contributed by atoms with van der Waals surface area (Å²) in [4.78, 5) is 4.50. The van der Waals surface area contributed by atoms with Crippen LogP contribution >= 0.6 is 0 Å². The molecule has 0 amide bonds. The summed E-state index contributed by atoms with van der Waals surface area (Å²) in [7, 11) is 2.10. The largest absolute Gasteiger partial charge is 0.313 e. The zero-order valence-corrected chi connectivity index (χ0v) is 12.8. The standard InChI is InChI=1S/C19H24N2/c1-20-19(12-15-11-13-6-7-14(15)10-13)17-8-9-21-18-5-3-2-4-16(17)18/h2-5,8-9,13-15,19-20H,6-7,10-12H2,1H3. The number of aromatic nitrogens is 1. The highest BCUT2D eigenvalue weighted by atomic mass is 14.9. The van der Waals surface area contributed by atoms with Gasteiger partial charge in [-0.2, -0.15) is 0 Å². The molecule has 2 nitrogen and oxygen atoms in total. The molecule has 21 heavy (non-hydrogen) atoms. The number of rotatable bonds is 4. The van der Waals surface area contributed by atoms with Gasteiger partial charge in [-0.05, 0) is 68.2 Å². The van der Waals surface area contributed by atoms with Gasteiger partial charge in [0.1, 0.15) is 0 Å². The van der Waals surface area contributed by atoms with Crippen LogP contribution < -0.4 is 5.32 Å². The Bertz CT molecular complexity index is 631. The van der Waals surface area contributed by atoms with Crippen molar-refractivity contribution in [3.05, 3.63) is 42.1 Å². The molecular weight excluding hydrogens is 256 g/mol. The molecular formula is C19H24N2. The third-order valence-electron chi connectivity index (χ3n) is 5.83. The first-order valence-electron chi connectivity index (χ1n) is 8.36. The summed E-state index contributed by atoms with van der Waals surface area (Å²) >= 11 is 0. The van der Waals surface area contributed by atoms with E-state index in [4.69, 9.17) is 0 Å². The highest BCUT2D eigenvalue weighted by molar-refractivity contribution is 5.82. The van der Waals surface area contributed by atoms with E-state index in [1.165, 1.54) is 43.1 Å². The lowest BCUT2D eigenvalue weighted by molar-refractivity contribution is 0.284. The molecule has 0 radical (unpaired) electrons. The Morgan fingerprint density at radius 3 is 2.86 bits per heavy atom. The van der Waals surface area contributed by atoms with Crippen LogP contribution in [0.3, 0.4) is 0 Å². The molecule has 0 saturated heterocycles. The van der Waals surface area contributed by atoms with Gasteiger partial charge in [0.15, 0.2) is 0 Å². The van der Waals surface area contributed by atoms with Crippen molar-refractivity contribution in [1.29, 1.82) is 0 Å². The van der Waals surface area contributed by atoms with Crippen LogP contribution in [-0.4, -0.2) is 12.0 Å². The third-order valence-corrected chi connectivity index (χ3v) is 5.83. The topological polar surface area (TPSA) is 24.9 Å². The van der Waals surface area contributed by atoms with Gasteiger partial charge in [-0.3, -0.25) is 4.98 Å². The van der Waals surface area contributed by atoms with Crippen LogP contribution in [-0.2, 0) is 0 Å². The van der Waals surface area contributed by atoms with Gasteiger partial charge >= 0.3 is 0 Å². The Morgan fingerprint density at radius 1 is 1.19 bits per heavy atom. The number of nitrogens with zero attached hydrogens (tertiary/aromatic N) is 1. The van der Waals surface area contributed by atoms with Crippen molar-refractivity contribution in [2.45, 2.75) is 38.1 Å². The van der Waals surface area contributed by atoms with Gasteiger partial charge in [0.2, 0.25) is 0 Å². The van der Waals surface area contributed by atoms with Crippen LogP contribution in [0.2, 0.25) is 0 Å². The van der Waals surface area contributed by atoms with Gasteiger partial charge in [0.05, 0.1) is 5.52 Å². The second-order valence-electron chi connectivity index (χ2n) is 6.93. The molecule has 2 aliphatic rings. The first kappa shape index (κ1) is 13.3. The van der Waals surface area contributed by atoms with Crippen molar-refractivity contribution in [1.82, 2.24) is 10.3 Å². The molecule has 1 aromatic carbocycles. The third kappa shape index (κ3) is 2.36. The first-order chi connectivity index (χ1) is 10.3. The lowest BCUT2D eigenvalue weighted by Crippen LogP contribution is -2.23. The maximum Gasteiger partial charge on any atom is 0.0705 e. The van der Waals surface area contributed by atoms with Gasteiger partial charge in [-0.15, -0.1) is 0 Å². The van der Waals surface area contributed by atoms with Crippen molar-refractivity contribution < 1.29 is 0 Å². The summed E-state index contributed by atoms with van der Waals surface area (Å²) in [5.41, 5.74) is 2.54. The predicted octanol–water partition coefficient (Wildman–Crippen LogP) is 4.32. The summed E-state index contributed by atoms with van der Waals surface area (Å²) in [6, 6.07) is 11.2. The van der Waals surface area contributed by atoms with E-state index in [0.29, 0.717) is 6.04 Å². The van der Waals surface area contributed by atoms with Gasteiger partial charge < -0.3 is 5.32 Å². The molecule has 2 aromatic rings. The summed E-state index contributed by atoms with van der Waals surface area (Å²) < 4.78 is 0. The Hall–Kier alpha value is -1.41. The zero-order chi connectivity index (χ0) is 14.2. The molecule has 2 fully saturated rings. The van der Waals surface area contributed by atoms with Gasteiger partial charge in [-0.25, -0.2) is 0 Å². The van der Waals surface area contributed by atoms with Crippen LogP contribution in [0.1, 0.15) is 43.7 Å². The first-order valence-corrected chi connectivity index (χ1v) is 8.36. The number of hydrogen-bond acceptors (Lipinski definition) is 2. The molecule has 2 saturated carbocycles. The van der Waals surface area contributed by atoms with E-state index in [1.54, 1.807) is 0 Å². The summed E-state index contributed by atoms with van der Waals surface area (Å²) in [6.07, 6.45) is 9.17. The Kier molecular flexibility index (Phi) is 3.42. The fourth-order valence-corrected chi connectivity index (χ4v) is 4.79. The SMILES string of the molecule is CNC(CC1CC2CCC1C2)c1ccnc2ccccc12. The van der Waals surface area contributed by atoms with Crippen LogP contribution in [0, 0.1) is 17.8 Å². The number of hydrogen-bond donors (Lipinski definition) is 1. The van der Waals surface area contributed by atoms with E-state index < -0.39 is 0 Å². The second kappa shape index (κ2) is 5.42. The molecule has 0 aliphatic heterocycles. The molecule has 4 unspecified atom stereocenters. The van der Waals surface area contributed by atoms with Crippen molar-refractivity contribution in [3.63, 3.8) is 0 Å². The van der Waals surface area contributed by atoms with E-state index in [1.807, 2.05) is 6.20 Å². The van der Waals surface area contributed by atoms with E-state index in [2.05, 4.69) is 47.7 Å². The van der Waals surface area contributed by atoms with Crippen LogP contribution in [0.15, 0.2) is 36.5 Å². The molecule has 2 bridgehead atoms. The van der Waals surface area contributed by atoms with Gasteiger partial charge in [0, 0.05) is 17.6 Å². The number of pyridine rings is 1. The smallest absolute Gasteiger partial charge is 0.0705 e. The molecule has 4 rings (SSSR count). The summed E-state index contributed by atoms with van der Waals surface area (Å²) in [5.74, 6) is 2.96. The molecule has 2 aliphatic carbocycles. The minimum Gasteiger partial charge on any atom is -0.313 e. The quantitative estimate of drug-likeness (QED) is 0.902. The Morgan fingerprint density at radius 2 is 2.10 bits per heavy atom.